The Morgan fingerprint density at radius 2 is 2.10 bits per heavy atom. The van der Waals surface area contributed by atoms with Crippen molar-refractivity contribution >= 4 is 16.8 Å². The molecular weight excluding hydrogens is 268 g/mol. The SMILES string of the molecule is COC1(C(=O)Cc2nc3ccccc3n2C)CCOCC1. The maximum absolute atomic E-state index is 12.7. The van der Waals surface area contributed by atoms with E-state index in [-0.39, 0.29) is 5.78 Å². The third-order valence-electron chi connectivity index (χ3n) is 4.40. The fourth-order valence-electron chi connectivity index (χ4n) is 2.96. The van der Waals surface area contributed by atoms with Crippen molar-refractivity contribution in [3.05, 3.63) is 30.1 Å². The van der Waals surface area contributed by atoms with Crippen LogP contribution in [0.25, 0.3) is 11.0 Å². The van der Waals surface area contributed by atoms with Crippen molar-refractivity contribution in [1.29, 1.82) is 0 Å². The smallest absolute Gasteiger partial charge is 0.172 e. The monoisotopic (exact) mass is 288 g/mol. The molecule has 1 saturated heterocycles. The predicted molar refractivity (Wildman–Crippen MR) is 79.2 cm³/mol. The number of ketones is 1. The fraction of sp³-hybridized carbons (Fsp3) is 0.500. The molecule has 5 nitrogen and oxygen atoms in total. The number of para-hydroxylation sites is 2. The average Bonchev–Trinajstić information content (AvgIpc) is 2.84. The number of hydrogen-bond acceptors (Lipinski definition) is 4. The van der Waals surface area contributed by atoms with E-state index in [9.17, 15) is 4.79 Å². The van der Waals surface area contributed by atoms with Gasteiger partial charge in [-0.1, -0.05) is 12.1 Å². The number of imidazole rings is 1. The van der Waals surface area contributed by atoms with Gasteiger partial charge in [0.2, 0.25) is 0 Å². The van der Waals surface area contributed by atoms with Crippen LogP contribution in [0.4, 0.5) is 0 Å². The largest absolute Gasteiger partial charge is 0.381 e. The molecule has 0 N–H and O–H groups in total. The van der Waals surface area contributed by atoms with Crippen molar-refractivity contribution in [2.24, 2.45) is 7.05 Å². The molecular formula is C16H20N2O3. The molecule has 1 fully saturated rings. The lowest BCUT2D eigenvalue weighted by Gasteiger charge is -2.34. The predicted octanol–water partition coefficient (Wildman–Crippen LogP) is 1.88. The minimum absolute atomic E-state index is 0.0895. The Morgan fingerprint density at radius 1 is 1.38 bits per heavy atom. The van der Waals surface area contributed by atoms with Crippen molar-refractivity contribution < 1.29 is 14.3 Å². The highest BCUT2D eigenvalue weighted by atomic mass is 16.5. The summed E-state index contributed by atoms with van der Waals surface area (Å²) in [6.07, 6.45) is 1.53. The van der Waals surface area contributed by atoms with E-state index in [0.717, 1.165) is 16.9 Å². The number of ether oxygens (including phenoxy) is 2. The normalized spacial score (nSPS) is 18.0. The summed E-state index contributed by atoms with van der Waals surface area (Å²) in [4.78, 5) is 17.3. The first-order valence-electron chi connectivity index (χ1n) is 7.23. The second-order valence-corrected chi connectivity index (χ2v) is 5.49. The second-order valence-electron chi connectivity index (χ2n) is 5.49. The Labute approximate surface area is 123 Å². The van der Waals surface area contributed by atoms with Gasteiger partial charge in [-0.05, 0) is 12.1 Å². The maximum atomic E-state index is 12.7. The molecule has 0 unspecified atom stereocenters. The van der Waals surface area contributed by atoms with Crippen LogP contribution in [0.5, 0.6) is 0 Å². The highest BCUT2D eigenvalue weighted by Crippen LogP contribution is 2.27. The van der Waals surface area contributed by atoms with Crippen molar-refractivity contribution in [2.75, 3.05) is 20.3 Å². The number of Topliss-reactive ketones (excluding diaryl/α,β-unsaturated/α-hetero) is 1. The molecule has 2 aromatic rings. The van der Waals surface area contributed by atoms with Crippen LogP contribution >= 0.6 is 0 Å². The number of methoxy groups -OCH3 is 1. The maximum Gasteiger partial charge on any atom is 0.172 e. The van der Waals surface area contributed by atoms with E-state index in [1.165, 1.54) is 0 Å². The van der Waals surface area contributed by atoms with Crippen LogP contribution in [0.3, 0.4) is 0 Å². The van der Waals surface area contributed by atoms with Gasteiger partial charge in [-0.15, -0.1) is 0 Å². The lowest BCUT2D eigenvalue weighted by Crippen LogP contribution is -2.46. The van der Waals surface area contributed by atoms with Crippen LogP contribution in [0, 0.1) is 0 Å². The van der Waals surface area contributed by atoms with Crippen LogP contribution in [0.2, 0.25) is 0 Å². The lowest BCUT2D eigenvalue weighted by molar-refractivity contribution is -0.152. The van der Waals surface area contributed by atoms with E-state index in [2.05, 4.69) is 4.98 Å². The third kappa shape index (κ3) is 2.47. The molecule has 0 bridgehead atoms. The van der Waals surface area contributed by atoms with E-state index >= 15 is 0 Å². The van der Waals surface area contributed by atoms with E-state index in [4.69, 9.17) is 9.47 Å². The first kappa shape index (κ1) is 14.2. The Kier molecular flexibility index (Phi) is 3.78. The number of carbonyl (C=O) groups excluding carboxylic acids is 1. The number of aromatic nitrogens is 2. The summed E-state index contributed by atoms with van der Waals surface area (Å²) in [6.45, 7) is 1.14. The first-order chi connectivity index (χ1) is 10.2. The number of rotatable bonds is 4. The van der Waals surface area contributed by atoms with Gasteiger partial charge in [-0.3, -0.25) is 4.79 Å². The van der Waals surface area contributed by atoms with Gasteiger partial charge in [0.05, 0.1) is 17.5 Å². The van der Waals surface area contributed by atoms with Gasteiger partial charge in [0, 0.05) is 40.2 Å². The van der Waals surface area contributed by atoms with Gasteiger partial charge in [-0.2, -0.15) is 0 Å². The average molecular weight is 288 g/mol. The van der Waals surface area contributed by atoms with Crippen molar-refractivity contribution in [3.8, 4) is 0 Å². The quantitative estimate of drug-likeness (QED) is 0.862. The molecule has 3 rings (SSSR count). The van der Waals surface area contributed by atoms with Gasteiger partial charge in [0.25, 0.3) is 0 Å². The molecule has 0 spiro atoms. The van der Waals surface area contributed by atoms with Crippen LogP contribution in [-0.2, 0) is 27.7 Å². The Bertz CT molecular complexity index is 657. The Hall–Kier alpha value is -1.72. The molecule has 0 amide bonds. The molecule has 0 saturated carbocycles. The molecule has 1 aliphatic heterocycles. The number of hydrogen-bond donors (Lipinski definition) is 0. The summed E-state index contributed by atoms with van der Waals surface area (Å²) in [7, 11) is 3.56. The standard InChI is InChI=1S/C16H20N2O3/c1-18-13-6-4-3-5-12(13)17-15(18)11-14(19)16(20-2)7-9-21-10-8-16/h3-6H,7-11H2,1-2H3. The Morgan fingerprint density at radius 3 is 2.76 bits per heavy atom. The number of benzene rings is 1. The summed E-state index contributed by atoms with van der Waals surface area (Å²) in [6, 6.07) is 7.90. The molecule has 5 heteroatoms. The third-order valence-corrected chi connectivity index (χ3v) is 4.40. The van der Waals surface area contributed by atoms with Gasteiger partial charge in [-0.25, -0.2) is 4.98 Å². The van der Waals surface area contributed by atoms with E-state index < -0.39 is 5.60 Å². The summed E-state index contributed by atoms with van der Waals surface area (Å²) in [5.41, 5.74) is 1.25. The number of nitrogens with zero attached hydrogens (tertiary/aromatic N) is 2. The molecule has 1 aromatic carbocycles. The summed E-state index contributed by atoms with van der Waals surface area (Å²) in [5, 5.41) is 0. The minimum Gasteiger partial charge on any atom is -0.381 e. The van der Waals surface area contributed by atoms with Gasteiger partial charge in [0.1, 0.15) is 11.4 Å². The minimum atomic E-state index is -0.712. The van der Waals surface area contributed by atoms with Crippen LogP contribution in [0.15, 0.2) is 24.3 Å². The molecule has 1 aliphatic rings. The number of fused-ring (bicyclic) bond motifs is 1. The fourth-order valence-corrected chi connectivity index (χ4v) is 2.96. The van der Waals surface area contributed by atoms with Gasteiger partial charge < -0.3 is 14.0 Å². The zero-order chi connectivity index (χ0) is 14.9. The Balaban J connectivity index is 1.87. The van der Waals surface area contributed by atoms with Crippen molar-refractivity contribution in [1.82, 2.24) is 9.55 Å². The summed E-state index contributed by atoms with van der Waals surface area (Å²) >= 11 is 0. The molecule has 112 valence electrons. The van der Waals surface area contributed by atoms with Crippen molar-refractivity contribution in [3.63, 3.8) is 0 Å². The highest BCUT2D eigenvalue weighted by Gasteiger charge is 2.40. The van der Waals surface area contributed by atoms with E-state index in [1.807, 2.05) is 35.9 Å². The molecule has 0 radical (unpaired) electrons. The lowest BCUT2D eigenvalue weighted by atomic mass is 9.87. The first-order valence-corrected chi connectivity index (χ1v) is 7.23. The van der Waals surface area contributed by atoms with Gasteiger partial charge in [0.15, 0.2) is 5.78 Å². The molecule has 2 heterocycles. The zero-order valence-electron chi connectivity index (χ0n) is 12.5. The molecule has 0 atom stereocenters. The van der Waals surface area contributed by atoms with Gasteiger partial charge >= 0.3 is 0 Å². The van der Waals surface area contributed by atoms with Crippen molar-refractivity contribution in [2.45, 2.75) is 24.9 Å². The highest BCUT2D eigenvalue weighted by molar-refractivity contribution is 5.89. The number of carbonyl (C=O) groups is 1. The molecule has 21 heavy (non-hydrogen) atoms. The summed E-state index contributed by atoms with van der Waals surface area (Å²) in [5.74, 6) is 0.871. The molecule has 1 aromatic heterocycles. The second kappa shape index (κ2) is 5.58. The number of aryl methyl sites for hydroxylation is 1. The van der Waals surface area contributed by atoms with Crippen LogP contribution in [-0.4, -0.2) is 41.3 Å². The summed E-state index contributed by atoms with van der Waals surface area (Å²) < 4.78 is 12.9. The van der Waals surface area contributed by atoms with E-state index in [0.29, 0.717) is 32.5 Å². The van der Waals surface area contributed by atoms with E-state index in [1.54, 1.807) is 7.11 Å². The topological polar surface area (TPSA) is 53.3 Å². The zero-order valence-corrected chi connectivity index (χ0v) is 12.5. The molecule has 0 aliphatic carbocycles. The van der Waals surface area contributed by atoms with Crippen LogP contribution < -0.4 is 0 Å². The van der Waals surface area contributed by atoms with Crippen LogP contribution in [0.1, 0.15) is 18.7 Å².